The standard InChI is InChI=1S/C15H21N5OS/c1-4-13-17-9-12(22-13)15(21)20-8-7-18(2)11(10-20)14-16-5-6-19(14)3/h5-6,9,11H,4,7-8,10H2,1-3H3. The van der Waals surface area contributed by atoms with Crippen molar-refractivity contribution in [3.05, 3.63) is 34.3 Å². The molecule has 22 heavy (non-hydrogen) atoms. The highest BCUT2D eigenvalue weighted by molar-refractivity contribution is 7.13. The molecule has 3 heterocycles. The molecule has 6 nitrogen and oxygen atoms in total. The predicted molar refractivity (Wildman–Crippen MR) is 86.0 cm³/mol. The van der Waals surface area contributed by atoms with Crippen LogP contribution in [0.15, 0.2) is 18.6 Å². The van der Waals surface area contributed by atoms with Crippen molar-refractivity contribution < 1.29 is 4.79 Å². The van der Waals surface area contributed by atoms with Crippen LogP contribution in [0.1, 0.15) is 33.5 Å². The Kier molecular flexibility index (Phi) is 4.26. The van der Waals surface area contributed by atoms with Gasteiger partial charge in [0.05, 0.1) is 17.2 Å². The number of carbonyl (C=O) groups is 1. The van der Waals surface area contributed by atoms with Crippen molar-refractivity contribution in [2.75, 3.05) is 26.7 Å². The fourth-order valence-electron chi connectivity index (χ4n) is 2.76. The number of piperazine rings is 1. The van der Waals surface area contributed by atoms with Crippen LogP contribution in [0.3, 0.4) is 0 Å². The maximum Gasteiger partial charge on any atom is 0.265 e. The van der Waals surface area contributed by atoms with E-state index in [-0.39, 0.29) is 11.9 Å². The van der Waals surface area contributed by atoms with Gasteiger partial charge in [0, 0.05) is 39.1 Å². The molecule has 1 saturated heterocycles. The van der Waals surface area contributed by atoms with Gasteiger partial charge in [-0.15, -0.1) is 11.3 Å². The molecule has 0 bridgehead atoms. The molecule has 0 N–H and O–H groups in total. The quantitative estimate of drug-likeness (QED) is 0.862. The first-order valence-electron chi connectivity index (χ1n) is 7.51. The van der Waals surface area contributed by atoms with E-state index in [2.05, 4.69) is 28.8 Å². The summed E-state index contributed by atoms with van der Waals surface area (Å²) in [5, 5.41) is 1.01. The summed E-state index contributed by atoms with van der Waals surface area (Å²) >= 11 is 1.50. The van der Waals surface area contributed by atoms with E-state index in [1.165, 1.54) is 11.3 Å². The van der Waals surface area contributed by atoms with E-state index >= 15 is 0 Å². The van der Waals surface area contributed by atoms with Crippen LogP contribution in [0.25, 0.3) is 0 Å². The maximum atomic E-state index is 12.7. The molecule has 1 aliphatic heterocycles. The lowest BCUT2D eigenvalue weighted by atomic mass is 10.1. The topological polar surface area (TPSA) is 54.3 Å². The minimum absolute atomic E-state index is 0.0875. The number of thiazole rings is 1. The Labute approximate surface area is 134 Å². The monoisotopic (exact) mass is 319 g/mol. The van der Waals surface area contributed by atoms with Crippen molar-refractivity contribution in [1.82, 2.24) is 24.3 Å². The fourth-order valence-corrected chi connectivity index (χ4v) is 3.59. The zero-order chi connectivity index (χ0) is 15.7. The van der Waals surface area contributed by atoms with Crippen molar-refractivity contribution in [1.29, 1.82) is 0 Å². The highest BCUT2D eigenvalue weighted by atomic mass is 32.1. The average molecular weight is 319 g/mol. The van der Waals surface area contributed by atoms with Gasteiger partial charge in [-0.05, 0) is 13.5 Å². The second kappa shape index (κ2) is 6.18. The Balaban J connectivity index is 1.78. The van der Waals surface area contributed by atoms with Gasteiger partial charge in [0.1, 0.15) is 10.7 Å². The Morgan fingerprint density at radius 3 is 2.82 bits per heavy atom. The number of nitrogens with zero attached hydrogens (tertiary/aromatic N) is 5. The molecule has 118 valence electrons. The second-order valence-electron chi connectivity index (χ2n) is 5.62. The maximum absolute atomic E-state index is 12.7. The minimum atomic E-state index is 0.0875. The van der Waals surface area contributed by atoms with Crippen molar-refractivity contribution in [2.45, 2.75) is 19.4 Å². The third-order valence-electron chi connectivity index (χ3n) is 4.16. The van der Waals surface area contributed by atoms with E-state index in [4.69, 9.17) is 0 Å². The number of imidazole rings is 1. The van der Waals surface area contributed by atoms with Gasteiger partial charge in [0.25, 0.3) is 5.91 Å². The number of amides is 1. The molecule has 7 heteroatoms. The van der Waals surface area contributed by atoms with Crippen LogP contribution >= 0.6 is 11.3 Å². The van der Waals surface area contributed by atoms with Crippen molar-refractivity contribution in [2.24, 2.45) is 7.05 Å². The molecule has 0 aliphatic carbocycles. The van der Waals surface area contributed by atoms with E-state index < -0.39 is 0 Å². The Hall–Kier alpha value is -1.73. The fraction of sp³-hybridized carbons (Fsp3) is 0.533. The van der Waals surface area contributed by atoms with Crippen LogP contribution in [0.4, 0.5) is 0 Å². The van der Waals surface area contributed by atoms with Gasteiger partial charge in [-0.2, -0.15) is 0 Å². The third kappa shape index (κ3) is 2.78. The van der Waals surface area contributed by atoms with Gasteiger partial charge in [-0.25, -0.2) is 9.97 Å². The van der Waals surface area contributed by atoms with E-state index in [9.17, 15) is 4.79 Å². The molecule has 1 amide bonds. The van der Waals surface area contributed by atoms with E-state index in [0.29, 0.717) is 6.54 Å². The van der Waals surface area contributed by atoms with Gasteiger partial charge in [-0.3, -0.25) is 9.69 Å². The molecule has 0 radical (unpaired) electrons. The minimum Gasteiger partial charge on any atom is -0.337 e. The van der Waals surface area contributed by atoms with Crippen LogP contribution in [-0.4, -0.2) is 56.9 Å². The molecule has 1 atom stereocenters. The Morgan fingerprint density at radius 1 is 1.36 bits per heavy atom. The Bertz CT molecular complexity index is 664. The summed E-state index contributed by atoms with van der Waals surface area (Å²) in [5.41, 5.74) is 0. The largest absolute Gasteiger partial charge is 0.337 e. The SMILES string of the molecule is CCc1ncc(C(=O)N2CCN(C)C(c3nccn3C)C2)s1. The molecule has 0 spiro atoms. The molecule has 3 rings (SSSR count). The molecule has 1 fully saturated rings. The van der Waals surface area contributed by atoms with Crippen molar-refractivity contribution >= 4 is 17.2 Å². The summed E-state index contributed by atoms with van der Waals surface area (Å²) in [4.78, 5) is 26.3. The number of likely N-dealkylation sites (N-methyl/N-ethyl adjacent to an activating group) is 1. The van der Waals surface area contributed by atoms with Gasteiger partial charge in [0.15, 0.2) is 0 Å². The lowest BCUT2D eigenvalue weighted by Crippen LogP contribution is -2.49. The summed E-state index contributed by atoms with van der Waals surface area (Å²) in [7, 11) is 4.08. The summed E-state index contributed by atoms with van der Waals surface area (Å²) in [6.07, 6.45) is 6.33. The highest BCUT2D eigenvalue weighted by Crippen LogP contribution is 2.24. The summed E-state index contributed by atoms with van der Waals surface area (Å²) in [6.45, 7) is 4.32. The first-order valence-corrected chi connectivity index (χ1v) is 8.33. The van der Waals surface area contributed by atoms with Crippen LogP contribution in [0, 0.1) is 0 Å². The second-order valence-corrected chi connectivity index (χ2v) is 6.73. The van der Waals surface area contributed by atoms with Gasteiger partial charge in [0.2, 0.25) is 0 Å². The first kappa shape index (κ1) is 15.2. The number of carbonyl (C=O) groups excluding carboxylic acids is 1. The molecule has 0 aromatic carbocycles. The highest BCUT2D eigenvalue weighted by Gasteiger charge is 2.31. The molecule has 1 aliphatic rings. The zero-order valence-corrected chi connectivity index (χ0v) is 14.0. The summed E-state index contributed by atoms with van der Waals surface area (Å²) in [6, 6.07) is 0.135. The zero-order valence-electron chi connectivity index (χ0n) is 13.2. The van der Waals surface area contributed by atoms with E-state index in [0.717, 1.165) is 35.2 Å². The number of hydrogen-bond acceptors (Lipinski definition) is 5. The van der Waals surface area contributed by atoms with Crippen LogP contribution < -0.4 is 0 Å². The normalized spacial score (nSPS) is 19.6. The van der Waals surface area contributed by atoms with Crippen LogP contribution in [-0.2, 0) is 13.5 Å². The molecule has 2 aromatic rings. The number of aromatic nitrogens is 3. The molecule has 1 unspecified atom stereocenters. The summed E-state index contributed by atoms with van der Waals surface area (Å²) in [5.74, 6) is 1.09. The Morgan fingerprint density at radius 2 is 2.18 bits per heavy atom. The van der Waals surface area contributed by atoms with Crippen LogP contribution in [0.5, 0.6) is 0 Å². The number of rotatable bonds is 3. The number of hydrogen-bond donors (Lipinski definition) is 0. The smallest absolute Gasteiger partial charge is 0.265 e. The molecular weight excluding hydrogens is 298 g/mol. The number of aryl methyl sites for hydroxylation is 2. The average Bonchev–Trinajstić information content (AvgIpc) is 3.16. The van der Waals surface area contributed by atoms with E-state index in [1.807, 2.05) is 22.7 Å². The van der Waals surface area contributed by atoms with Crippen molar-refractivity contribution in [3.63, 3.8) is 0 Å². The lowest BCUT2D eigenvalue weighted by molar-refractivity contribution is 0.0533. The van der Waals surface area contributed by atoms with Crippen LogP contribution in [0.2, 0.25) is 0 Å². The van der Waals surface area contributed by atoms with Gasteiger partial charge in [-0.1, -0.05) is 6.92 Å². The molecular formula is C15H21N5OS. The van der Waals surface area contributed by atoms with Crippen molar-refractivity contribution in [3.8, 4) is 0 Å². The van der Waals surface area contributed by atoms with Gasteiger partial charge < -0.3 is 9.47 Å². The third-order valence-corrected chi connectivity index (χ3v) is 5.29. The first-order chi connectivity index (χ1) is 10.6. The molecule has 2 aromatic heterocycles. The van der Waals surface area contributed by atoms with E-state index in [1.54, 1.807) is 12.4 Å². The molecule has 0 saturated carbocycles. The summed E-state index contributed by atoms with van der Waals surface area (Å²) < 4.78 is 2.02. The van der Waals surface area contributed by atoms with Gasteiger partial charge >= 0.3 is 0 Å². The lowest BCUT2D eigenvalue weighted by Gasteiger charge is -2.38. The predicted octanol–water partition coefficient (Wildman–Crippen LogP) is 1.57.